The van der Waals surface area contributed by atoms with Crippen LogP contribution in [0.25, 0.3) is 0 Å². The van der Waals surface area contributed by atoms with Gasteiger partial charge in [-0.1, -0.05) is 11.6 Å². The number of hydrogen-bond acceptors (Lipinski definition) is 4. The zero-order valence-corrected chi connectivity index (χ0v) is 7.30. The summed E-state index contributed by atoms with van der Waals surface area (Å²) in [7, 11) is 0. The topological polar surface area (TPSA) is 54.4 Å². The molecule has 0 bridgehead atoms. The number of halogens is 1. The molecule has 0 aliphatic rings. The standard InChI is InChI=1S/C7H8ClN3O/c1-2-9-5-3-7(8)10-4-6(5)11-12/h3-4H,2H2,1H3,(H,9,10). The van der Waals surface area contributed by atoms with E-state index in [0.717, 1.165) is 0 Å². The van der Waals surface area contributed by atoms with Crippen molar-refractivity contribution in [2.45, 2.75) is 6.92 Å². The summed E-state index contributed by atoms with van der Waals surface area (Å²) in [4.78, 5) is 14.0. The molecule has 12 heavy (non-hydrogen) atoms. The Morgan fingerprint density at radius 1 is 1.75 bits per heavy atom. The number of nitroso groups, excluding NO2 is 1. The fourth-order valence-electron chi connectivity index (χ4n) is 0.827. The van der Waals surface area contributed by atoms with E-state index < -0.39 is 0 Å². The largest absolute Gasteiger partial charge is 0.383 e. The predicted octanol–water partition coefficient (Wildman–Crippen LogP) is 2.56. The molecule has 0 radical (unpaired) electrons. The summed E-state index contributed by atoms with van der Waals surface area (Å²) in [5.41, 5.74) is 0.897. The quantitative estimate of drug-likeness (QED) is 0.582. The average molecular weight is 186 g/mol. The number of nitrogens with one attached hydrogen (secondary N) is 1. The van der Waals surface area contributed by atoms with Gasteiger partial charge in [-0.2, -0.15) is 0 Å². The highest BCUT2D eigenvalue weighted by molar-refractivity contribution is 6.29. The molecule has 1 N–H and O–H groups in total. The molecule has 0 amide bonds. The maximum absolute atomic E-state index is 10.2. The Bertz CT molecular complexity index is 290. The Labute approximate surface area is 74.9 Å². The van der Waals surface area contributed by atoms with Crippen LogP contribution in [0.4, 0.5) is 11.4 Å². The van der Waals surface area contributed by atoms with E-state index in [9.17, 15) is 4.91 Å². The maximum Gasteiger partial charge on any atom is 0.149 e. The van der Waals surface area contributed by atoms with Crippen LogP contribution in [-0.4, -0.2) is 11.5 Å². The van der Waals surface area contributed by atoms with Crippen LogP contribution < -0.4 is 5.32 Å². The third-order valence-corrected chi connectivity index (χ3v) is 1.52. The first kappa shape index (κ1) is 8.93. The molecule has 1 aromatic rings. The summed E-state index contributed by atoms with van der Waals surface area (Å²) in [6.45, 7) is 2.63. The number of pyridine rings is 1. The Morgan fingerprint density at radius 2 is 2.50 bits per heavy atom. The molecule has 0 spiro atoms. The minimum absolute atomic E-state index is 0.279. The van der Waals surface area contributed by atoms with E-state index in [-0.39, 0.29) is 5.69 Å². The van der Waals surface area contributed by atoms with Crippen LogP contribution >= 0.6 is 11.6 Å². The van der Waals surface area contributed by atoms with Crippen molar-refractivity contribution >= 4 is 23.0 Å². The number of anilines is 1. The van der Waals surface area contributed by atoms with Crippen LogP contribution in [0.5, 0.6) is 0 Å². The third kappa shape index (κ3) is 1.92. The Balaban J connectivity index is 3.03. The van der Waals surface area contributed by atoms with Crippen molar-refractivity contribution in [3.63, 3.8) is 0 Å². The first-order valence-electron chi connectivity index (χ1n) is 3.50. The lowest BCUT2D eigenvalue weighted by molar-refractivity contribution is 1.19. The lowest BCUT2D eigenvalue weighted by Crippen LogP contribution is -1.96. The van der Waals surface area contributed by atoms with Crippen LogP contribution in [0, 0.1) is 4.91 Å². The van der Waals surface area contributed by atoms with E-state index in [1.807, 2.05) is 6.92 Å². The molecule has 0 saturated carbocycles. The molecule has 0 aromatic carbocycles. The number of hydrogen-bond donors (Lipinski definition) is 1. The molecule has 0 aliphatic carbocycles. The minimum atomic E-state index is 0.279. The van der Waals surface area contributed by atoms with E-state index in [2.05, 4.69) is 15.5 Å². The van der Waals surface area contributed by atoms with E-state index in [1.54, 1.807) is 6.07 Å². The molecular formula is C7H8ClN3O. The number of nitrogens with zero attached hydrogens (tertiary/aromatic N) is 2. The van der Waals surface area contributed by atoms with Gasteiger partial charge in [0.25, 0.3) is 0 Å². The Hall–Kier alpha value is -1.16. The molecule has 0 atom stereocenters. The normalized spacial score (nSPS) is 9.50. The van der Waals surface area contributed by atoms with Gasteiger partial charge < -0.3 is 5.32 Å². The van der Waals surface area contributed by atoms with Crippen LogP contribution in [0.1, 0.15) is 6.92 Å². The van der Waals surface area contributed by atoms with E-state index >= 15 is 0 Å². The fraction of sp³-hybridized carbons (Fsp3) is 0.286. The number of rotatable bonds is 3. The fourth-order valence-corrected chi connectivity index (χ4v) is 0.985. The smallest absolute Gasteiger partial charge is 0.149 e. The van der Waals surface area contributed by atoms with Crippen molar-refractivity contribution in [1.82, 2.24) is 4.98 Å². The molecule has 5 heteroatoms. The molecule has 1 heterocycles. The van der Waals surface area contributed by atoms with Crippen LogP contribution in [0.3, 0.4) is 0 Å². The summed E-state index contributed by atoms with van der Waals surface area (Å²) in [5.74, 6) is 0. The molecule has 0 unspecified atom stereocenters. The van der Waals surface area contributed by atoms with Crippen molar-refractivity contribution in [2.24, 2.45) is 5.18 Å². The van der Waals surface area contributed by atoms with Gasteiger partial charge in [-0.05, 0) is 12.1 Å². The van der Waals surface area contributed by atoms with Gasteiger partial charge in [0.15, 0.2) is 0 Å². The van der Waals surface area contributed by atoms with E-state index in [4.69, 9.17) is 11.6 Å². The predicted molar refractivity (Wildman–Crippen MR) is 48.9 cm³/mol. The molecule has 0 aliphatic heterocycles. The van der Waals surface area contributed by atoms with E-state index in [1.165, 1.54) is 6.20 Å². The second-order valence-electron chi connectivity index (χ2n) is 2.15. The van der Waals surface area contributed by atoms with Crippen LogP contribution in [0.15, 0.2) is 17.4 Å². The summed E-state index contributed by atoms with van der Waals surface area (Å²) in [6.07, 6.45) is 1.34. The molecular weight excluding hydrogens is 178 g/mol. The molecule has 64 valence electrons. The molecule has 0 fully saturated rings. The van der Waals surface area contributed by atoms with Crippen LogP contribution in [0.2, 0.25) is 5.15 Å². The average Bonchev–Trinajstić information content (AvgIpc) is 2.05. The third-order valence-electron chi connectivity index (χ3n) is 1.32. The van der Waals surface area contributed by atoms with Gasteiger partial charge in [-0.3, -0.25) is 0 Å². The monoisotopic (exact) mass is 185 g/mol. The second kappa shape index (κ2) is 4.01. The van der Waals surface area contributed by atoms with Crippen molar-refractivity contribution in [1.29, 1.82) is 0 Å². The molecule has 1 aromatic heterocycles. The van der Waals surface area contributed by atoms with Crippen molar-refractivity contribution in [3.8, 4) is 0 Å². The van der Waals surface area contributed by atoms with Gasteiger partial charge in [-0.15, -0.1) is 4.91 Å². The van der Waals surface area contributed by atoms with Gasteiger partial charge >= 0.3 is 0 Å². The van der Waals surface area contributed by atoms with E-state index in [0.29, 0.717) is 17.4 Å². The number of aromatic nitrogens is 1. The molecule has 1 rings (SSSR count). The highest BCUT2D eigenvalue weighted by Gasteiger charge is 2.02. The zero-order valence-electron chi connectivity index (χ0n) is 6.54. The van der Waals surface area contributed by atoms with Crippen molar-refractivity contribution < 1.29 is 0 Å². The second-order valence-corrected chi connectivity index (χ2v) is 2.53. The van der Waals surface area contributed by atoms with Gasteiger partial charge in [0.1, 0.15) is 10.8 Å². The van der Waals surface area contributed by atoms with Crippen molar-refractivity contribution in [2.75, 3.05) is 11.9 Å². The first-order valence-corrected chi connectivity index (χ1v) is 3.88. The maximum atomic E-state index is 10.2. The summed E-state index contributed by atoms with van der Waals surface area (Å²) >= 11 is 5.61. The SMILES string of the molecule is CCNc1cc(Cl)ncc1N=O. The van der Waals surface area contributed by atoms with Gasteiger partial charge in [-0.25, -0.2) is 4.98 Å². The highest BCUT2D eigenvalue weighted by Crippen LogP contribution is 2.25. The lowest BCUT2D eigenvalue weighted by atomic mass is 10.3. The molecule has 4 nitrogen and oxygen atoms in total. The summed E-state index contributed by atoms with van der Waals surface area (Å²) in [6, 6.07) is 1.57. The van der Waals surface area contributed by atoms with Gasteiger partial charge in [0.2, 0.25) is 0 Å². The van der Waals surface area contributed by atoms with Crippen LogP contribution in [-0.2, 0) is 0 Å². The lowest BCUT2D eigenvalue weighted by Gasteiger charge is -2.03. The highest BCUT2D eigenvalue weighted by atomic mass is 35.5. The Kier molecular flexibility index (Phi) is 2.99. The molecule has 0 saturated heterocycles. The van der Waals surface area contributed by atoms with Gasteiger partial charge in [0, 0.05) is 12.6 Å². The summed E-state index contributed by atoms with van der Waals surface area (Å²) in [5, 5.41) is 6.09. The van der Waals surface area contributed by atoms with Gasteiger partial charge in [0.05, 0.1) is 11.9 Å². The van der Waals surface area contributed by atoms with Crippen molar-refractivity contribution in [3.05, 3.63) is 22.3 Å². The Morgan fingerprint density at radius 3 is 3.08 bits per heavy atom. The minimum Gasteiger partial charge on any atom is -0.383 e. The first-order chi connectivity index (χ1) is 5.77. The summed E-state index contributed by atoms with van der Waals surface area (Å²) < 4.78 is 0. The zero-order chi connectivity index (χ0) is 8.97.